The van der Waals surface area contributed by atoms with Gasteiger partial charge in [-0.2, -0.15) is 0 Å². The molecule has 0 aliphatic heterocycles. The minimum Gasteiger partial charge on any atom is -0.374 e. The highest BCUT2D eigenvalue weighted by atomic mass is 35.5. The molecule has 2 rings (SSSR count). The normalized spacial score (nSPS) is 16.2. The molecule has 1 aliphatic rings. The lowest BCUT2D eigenvalue weighted by atomic mass is 10.1. The molecule has 2 N–H and O–H groups in total. The Morgan fingerprint density at radius 3 is 2.72 bits per heavy atom. The van der Waals surface area contributed by atoms with E-state index in [9.17, 15) is 0 Å². The maximum absolute atomic E-state index is 6.12. The number of anilines is 1. The van der Waals surface area contributed by atoms with E-state index < -0.39 is 0 Å². The Bertz CT molecular complexity index is 386. The van der Waals surface area contributed by atoms with Gasteiger partial charge in [-0.1, -0.05) is 30.5 Å². The summed E-state index contributed by atoms with van der Waals surface area (Å²) in [5.74, 6) is 0.847. The molecule has 100 valence electrons. The minimum absolute atomic E-state index is 0.686. The van der Waals surface area contributed by atoms with Crippen molar-refractivity contribution in [3.05, 3.63) is 28.8 Å². The van der Waals surface area contributed by atoms with E-state index in [2.05, 4.69) is 24.1 Å². The zero-order valence-electron chi connectivity index (χ0n) is 11.2. The van der Waals surface area contributed by atoms with Crippen LogP contribution in [0.4, 0.5) is 5.69 Å². The van der Waals surface area contributed by atoms with Crippen molar-refractivity contribution in [3.8, 4) is 0 Å². The standard InChI is InChI=1S/C15H23ClN2/c1-18(11-12-4-2-3-5-12)15-10-14(16)7-6-13(15)8-9-17/h6-7,10,12H,2-5,8-9,11,17H2,1H3. The SMILES string of the molecule is CN(CC1CCCC1)c1cc(Cl)ccc1CCN. The van der Waals surface area contributed by atoms with Crippen molar-refractivity contribution in [2.75, 3.05) is 25.0 Å². The molecule has 0 aromatic heterocycles. The molecule has 1 saturated carbocycles. The third-order valence-corrected chi connectivity index (χ3v) is 4.11. The Morgan fingerprint density at radius 2 is 2.06 bits per heavy atom. The van der Waals surface area contributed by atoms with E-state index in [0.29, 0.717) is 6.54 Å². The Balaban J connectivity index is 2.11. The van der Waals surface area contributed by atoms with Gasteiger partial charge in [0.2, 0.25) is 0 Å². The van der Waals surface area contributed by atoms with Gasteiger partial charge in [0.1, 0.15) is 0 Å². The van der Waals surface area contributed by atoms with Crippen LogP contribution in [0, 0.1) is 5.92 Å². The molecule has 0 spiro atoms. The molecule has 2 nitrogen and oxygen atoms in total. The van der Waals surface area contributed by atoms with Crippen molar-refractivity contribution >= 4 is 17.3 Å². The van der Waals surface area contributed by atoms with Crippen LogP contribution >= 0.6 is 11.6 Å². The summed E-state index contributed by atoms with van der Waals surface area (Å²) in [6.45, 7) is 1.82. The van der Waals surface area contributed by atoms with E-state index >= 15 is 0 Å². The van der Waals surface area contributed by atoms with Gasteiger partial charge in [-0.15, -0.1) is 0 Å². The van der Waals surface area contributed by atoms with Crippen molar-refractivity contribution in [3.63, 3.8) is 0 Å². The molecule has 0 heterocycles. The summed E-state index contributed by atoms with van der Waals surface area (Å²) >= 11 is 6.12. The highest BCUT2D eigenvalue weighted by Crippen LogP contribution is 2.29. The molecule has 18 heavy (non-hydrogen) atoms. The van der Waals surface area contributed by atoms with Crippen LogP contribution in [-0.2, 0) is 6.42 Å². The van der Waals surface area contributed by atoms with Gasteiger partial charge < -0.3 is 10.6 Å². The topological polar surface area (TPSA) is 29.3 Å². The second-order valence-corrected chi connectivity index (χ2v) is 5.78. The number of benzene rings is 1. The fraction of sp³-hybridized carbons (Fsp3) is 0.600. The predicted octanol–water partition coefficient (Wildman–Crippen LogP) is 3.47. The van der Waals surface area contributed by atoms with Gasteiger partial charge in [-0.3, -0.25) is 0 Å². The molecule has 1 aromatic carbocycles. The van der Waals surface area contributed by atoms with Crippen LogP contribution < -0.4 is 10.6 Å². The van der Waals surface area contributed by atoms with Crippen LogP contribution in [0.25, 0.3) is 0 Å². The molecular weight excluding hydrogens is 244 g/mol. The third-order valence-electron chi connectivity index (χ3n) is 3.88. The first kappa shape index (κ1) is 13.7. The summed E-state index contributed by atoms with van der Waals surface area (Å²) in [6, 6.07) is 6.14. The van der Waals surface area contributed by atoms with Crippen LogP contribution in [0.5, 0.6) is 0 Å². The molecule has 0 atom stereocenters. The van der Waals surface area contributed by atoms with Crippen LogP contribution in [0.15, 0.2) is 18.2 Å². The van der Waals surface area contributed by atoms with Gasteiger partial charge in [0.15, 0.2) is 0 Å². The summed E-state index contributed by atoms with van der Waals surface area (Å²) < 4.78 is 0. The summed E-state index contributed by atoms with van der Waals surface area (Å²) in [5.41, 5.74) is 8.24. The zero-order chi connectivity index (χ0) is 13.0. The molecule has 0 saturated heterocycles. The Labute approximate surface area is 115 Å². The molecule has 0 bridgehead atoms. The van der Waals surface area contributed by atoms with E-state index in [-0.39, 0.29) is 0 Å². The summed E-state index contributed by atoms with van der Waals surface area (Å²) in [4.78, 5) is 2.35. The fourth-order valence-electron chi connectivity index (χ4n) is 2.94. The number of nitrogens with two attached hydrogens (primary N) is 1. The van der Waals surface area contributed by atoms with Gasteiger partial charge in [0.25, 0.3) is 0 Å². The lowest BCUT2D eigenvalue weighted by Crippen LogP contribution is -2.25. The van der Waals surface area contributed by atoms with Crippen LogP contribution in [0.1, 0.15) is 31.2 Å². The van der Waals surface area contributed by atoms with Crippen molar-refractivity contribution in [2.45, 2.75) is 32.1 Å². The Hall–Kier alpha value is -0.730. The number of rotatable bonds is 5. The average molecular weight is 267 g/mol. The second-order valence-electron chi connectivity index (χ2n) is 5.34. The maximum Gasteiger partial charge on any atom is 0.0426 e. The summed E-state index contributed by atoms with van der Waals surface area (Å²) in [5, 5.41) is 0.809. The molecule has 1 aromatic rings. The van der Waals surface area contributed by atoms with Crippen molar-refractivity contribution < 1.29 is 0 Å². The van der Waals surface area contributed by atoms with Crippen molar-refractivity contribution in [1.82, 2.24) is 0 Å². The lowest BCUT2D eigenvalue weighted by Gasteiger charge is -2.25. The molecule has 1 aliphatic carbocycles. The lowest BCUT2D eigenvalue weighted by molar-refractivity contribution is 0.546. The predicted molar refractivity (Wildman–Crippen MR) is 79.4 cm³/mol. The van der Waals surface area contributed by atoms with E-state index in [0.717, 1.165) is 23.9 Å². The number of hydrogen-bond acceptors (Lipinski definition) is 2. The van der Waals surface area contributed by atoms with Crippen LogP contribution in [-0.4, -0.2) is 20.1 Å². The van der Waals surface area contributed by atoms with Gasteiger partial charge in [-0.05, 0) is 49.4 Å². The van der Waals surface area contributed by atoms with Crippen LogP contribution in [0.3, 0.4) is 0 Å². The van der Waals surface area contributed by atoms with Gasteiger partial charge in [0.05, 0.1) is 0 Å². The molecule has 1 fully saturated rings. The second kappa shape index (κ2) is 6.44. The fourth-order valence-corrected chi connectivity index (χ4v) is 3.10. The molecule has 3 heteroatoms. The number of nitrogens with zero attached hydrogens (tertiary/aromatic N) is 1. The van der Waals surface area contributed by atoms with Gasteiger partial charge in [0, 0.05) is 24.3 Å². The van der Waals surface area contributed by atoms with E-state index in [1.54, 1.807) is 0 Å². The van der Waals surface area contributed by atoms with Crippen LogP contribution in [0.2, 0.25) is 5.02 Å². The highest BCUT2D eigenvalue weighted by molar-refractivity contribution is 6.30. The van der Waals surface area contributed by atoms with E-state index in [1.807, 2.05) is 6.07 Å². The Morgan fingerprint density at radius 1 is 1.33 bits per heavy atom. The van der Waals surface area contributed by atoms with E-state index in [4.69, 9.17) is 17.3 Å². The first-order valence-corrected chi connectivity index (χ1v) is 7.28. The third kappa shape index (κ3) is 3.39. The van der Waals surface area contributed by atoms with Crippen molar-refractivity contribution in [1.29, 1.82) is 0 Å². The largest absolute Gasteiger partial charge is 0.374 e. The quantitative estimate of drug-likeness (QED) is 0.884. The molecule has 0 amide bonds. The number of hydrogen-bond donors (Lipinski definition) is 1. The highest BCUT2D eigenvalue weighted by Gasteiger charge is 2.18. The summed E-state index contributed by atoms with van der Waals surface area (Å²) in [7, 11) is 2.17. The monoisotopic (exact) mass is 266 g/mol. The summed E-state index contributed by atoms with van der Waals surface area (Å²) in [6.07, 6.45) is 6.45. The van der Waals surface area contributed by atoms with Gasteiger partial charge in [-0.25, -0.2) is 0 Å². The molecule has 0 unspecified atom stereocenters. The average Bonchev–Trinajstić information content (AvgIpc) is 2.84. The zero-order valence-corrected chi connectivity index (χ0v) is 11.9. The van der Waals surface area contributed by atoms with Gasteiger partial charge >= 0.3 is 0 Å². The van der Waals surface area contributed by atoms with E-state index in [1.165, 1.54) is 36.9 Å². The Kier molecular flexibility index (Phi) is 4.90. The first-order valence-electron chi connectivity index (χ1n) is 6.90. The molecule has 0 radical (unpaired) electrons. The smallest absolute Gasteiger partial charge is 0.0426 e. The van der Waals surface area contributed by atoms with Crippen molar-refractivity contribution in [2.24, 2.45) is 11.7 Å². The minimum atomic E-state index is 0.686. The molecular formula is C15H23ClN2. The maximum atomic E-state index is 6.12. The first-order chi connectivity index (χ1) is 8.70. The number of halogens is 1.